The van der Waals surface area contributed by atoms with Gasteiger partial charge in [-0.15, -0.1) is 11.3 Å². The summed E-state index contributed by atoms with van der Waals surface area (Å²) in [4.78, 5) is 6.57. The average molecular weight is 307 g/mol. The predicted octanol–water partition coefficient (Wildman–Crippen LogP) is 4.76. The van der Waals surface area contributed by atoms with Crippen molar-refractivity contribution in [3.05, 3.63) is 15.6 Å². The van der Waals surface area contributed by atoms with Gasteiger partial charge in [-0.25, -0.2) is 4.98 Å². The van der Waals surface area contributed by atoms with E-state index in [0.717, 1.165) is 25.2 Å². The van der Waals surface area contributed by atoms with E-state index in [1.54, 1.807) is 0 Å². The van der Waals surface area contributed by atoms with Gasteiger partial charge >= 0.3 is 0 Å². The Kier molecular flexibility index (Phi) is 3.53. The smallest absolute Gasteiger partial charge is 0.113 e. The summed E-state index contributed by atoms with van der Waals surface area (Å²) in [7, 11) is 0. The maximum Gasteiger partial charge on any atom is 0.113 e. The highest BCUT2D eigenvalue weighted by Gasteiger charge is 2.43. The third kappa shape index (κ3) is 2.79. The van der Waals surface area contributed by atoms with E-state index in [1.807, 2.05) is 11.3 Å². The van der Waals surface area contributed by atoms with Gasteiger partial charge in [-0.05, 0) is 37.0 Å². The lowest BCUT2D eigenvalue weighted by molar-refractivity contribution is 0.228. The minimum absolute atomic E-state index is 0.167. The first-order chi connectivity index (χ1) is 9.61. The molecule has 2 N–H and O–H groups in total. The van der Waals surface area contributed by atoms with E-state index < -0.39 is 0 Å². The Balaban J connectivity index is 1.99. The molecule has 2 nitrogen and oxygen atoms in total. The fourth-order valence-corrected chi connectivity index (χ4v) is 6.11. The molecule has 1 saturated carbocycles. The molecule has 0 spiro atoms. The van der Waals surface area contributed by atoms with Gasteiger partial charge in [-0.3, -0.25) is 0 Å². The van der Waals surface area contributed by atoms with Crippen molar-refractivity contribution in [3.8, 4) is 0 Å². The van der Waals surface area contributed by atoms with Crippen molar-refractivity contribution in [1.82, 2.24) is 4.98 Å². The van der Waals surface area contributed by atoms with Crippen molar-refractivity contribution < 1.29 is 0 Å². The van der Waals surface area contributed by atoms with Crippen LogP contribution in [0.4, 0.5) is 0 Å². The van der Waals surface area contributed by atoms with Gasteiger partial charge in [0.1, 0.15) is 5.01 Å². The Morgan fingerprint density at radius 3 is 2.62 bits per heavy atom. The van der Waals surface area contributed by atoms with Crippen LogP contribution in [-0.4, -0.2) is 4.98 Å². The molecule has 0 aliphatic heterocycles. The number of fused-ring (bicyclic) bond motifs is 1. The Morgan fingerprint density at radius 2 is 1.95 bits per heavy atom. The summed E-state index contributed by atoms with van der Waals surface area (Å²) in [5, 5.41) is 1.21. The third-order valence-electron chi connectivity index (χ3n) is 5.34. The van der Waals surface area contributed by atoms with Crippen LogP contribution >= 0.6 is 11.3 Å². The third-order valence-corrected chi connectivity index (χ3v) is 7.02. The zero-order valence-corrected chi connectivity index (χ0v) is 15.1. The van der Waals surface area contributed by atoms with E-state index in [0.29, 0.717) is 5.41 Å². The molecule has 1 aromatic heterocycles. The topological polar surface area (TPSA) is 38.9 Å². The second-order valence-electron chi connectivity index (χ2n) is 9.05. The molecule has 2 unspecified atom stereocenters. The van der Waals surface area contributed by atoms with Gasteiger partial charge in [0.15, 0.2) is 0 Å². The van der Waals surface area contributed by atoms with Gasteiger partial charge in [-0.1, -0.05) is 47.5 Å². The number of hydrogen-bond donors (Lipinski definition) is 1. The number of rotatable bonds is 1. The zero-order chi connectivity index (χ0) is 15.5. The fourth-order valence-electron chi connectivity index (χ4n) is 4.79. The van der Waals surface area contributed by atoms with Crippen LogP contribution in [0.3, 0.4) is 0 Å². The fraction of sp³-hybridized carbons (Fsp3) is 0.833. The molecule has 118 valence electrons. The van der Waals surface area contributed by atoms with Gasteiger partial charge in [0.2, 0.25) is 0 Å². The van der Waals surface area contributed by atoms with Crippen LogP contribution < -0.4 is 5.73 Å². The summed E-state index contributed by atoms with van der Waals surface area (Å²) >= 11 is 1.91. The van der Waals surface area contributed by atoms with Gasteiger partial charge in [-0.2, -0.15) is 0 Å². The lowest BCUT2D eigenvalue weighted by Gasteiger charge is -2.39. The van der Waals surface area contributed by atoms with Crippen molar-refractivity contribution in [3.63, 3.8) is 0 Å². The first kappa shape index (κ1) is 15.5. The van der Waals surface area contributed by atoms with Crippen molar-refractivity contribution >= 4 is 11.3 Å². The number of thiazole rings is 1. The largest absolute Gasteiger partial charge is 0.319 e. The highest BCUT2D eigenvalue weighted by atomic mass is 32.1. The summed E-state index contributed by atoms with van der Waals surface area (Å²) in [6.45, 7) is 11.8. The normalized spacial score (nSPS) is 34.5. The van der Waals surface area contributed by atoms with Crippen LogP contribution in [0.1, 0.15) is 82.3 Å². The number of nitrogens with two attached hydrogens (primary N) is 1. The molecular formula is C18H30N2S. The Bertz CT molecular complexity index is 543. The van der Waals surface area contributed by atoms with Gasteiger partial charge in [0.05, 0.1) is 11.2 Å². The van der Waals surface area contributed by atoms with Crippen molar-refractivity contribution in [1.29, 1.82) is 0 Å². The molecule has 0 aromatic carbocycles. The van der Waals surface area contributed by atoms with E-state index >= 15 is 0 Å². The predicted molar refractivity (Wildman–Crippen MR) is 90.7 cm³/mol. The van der Waals surface area contributed by atoms with E-state index in [9.17, 15) is 0 Å². The van der Waals surface area contributed by atoms with Crippen molar-refractivity contribution in [2.24, 2.45) is 17.1 Å². The summed E-state index contributed by atoms with van der Waals surface area (Å²) in [6, 6.07) is 0. The van der Waals surface area contributed by atoms with E-state index in [2.05, 4.69) is 34.6 Å². The lowest BCUT2D eigenvalue weighted by Crippen LogP contribution is -2.40. The molecule has 2 aliphatic carbocycles. The molecule has 1 aromatic rings. The van der Waals surface area contributed by atoms with Crippen LogP contribution in [0, 0.1) is 11.3 Å². The highest BCUT2D eigenvalue weighted by molar-refractivity contribution is 7.12. The van der Waals surface area contributed by atoms with Gasteiger partial charge < -0.3 is 5.73 Å². The monoisotopic (exact) mass is 306 g/mol. The second-order valence-corrected chi connectivity index (χ2v) is 10.1. The van der Waals surface area contributed by atoms with Gasteiger partial charge in [0.25, 0.3) is 0 Å². The van der Waals surface area contributed by atoms with E-state index in [-0.39, 0.29) is 11.0 Å². The van der Waals surface area contributed by atoms with Crippen LogP contribution in [-0.2, 0) is 17.4 Å². The summed E-state index contributed by atoms with van der Waals surface area (Å²) in [6.07, 6.45) is 7.12. The molecule has 21 heavy (non-hydrogen) atoms. The molecule has 0 saturated heterocycles. The van der Waals surface area contributed by atoms with Crippen LogP contribution in [0.25, 0.3) is 0 Å². The summed E-state index contributed by atoms with van der Waals surface area (Å²) < 4.78 is 0. The number of hydrogen-bond acceptors (Lipinski definition) is 3. The molecule has 3 rings (SSSR count). The molecule has 0 amide bonds. The molecule has 1 fully saturated rings. The first-order valence-corrected chi connectivity index (χ1v) is 9.23. The molecular weight excluding hydrogens is 276 g/mol. The molecule has 2 atom stereocenters. The lowest BCUT2D eigenvalue weighted by atomic mass is 9.67. The number of nitrogens with zero attached hydrogens (tertiary/aromatic N) is 1. The van der Waals surface area contributed by atoms with Crippen molar-refractivity contribution in [2.75, 3.05) is 0 Å². The number of aromatic nitrogens is 1. The van der Waals surface area contributed by atoms with E-state index in [4.69, 9.17) is 10.7 Å². The minimum atomic E-state index is -0.167. The van der Waals surface area contributed by atoms with Crippen LogP contribution in [0.5, 0.6) is 0 Å². The molecule has 0 bridgehead atoms. The van der Waals surface area contributed by atoms with Gasteiger partial charge in [0, 0.05) is 10.3 Å². The minimum Gasteiger partial charge on any atom is -0.319 e. The highest BCUT2D eigenvalue weighted by Crippen LogP contribution is 2.50. The SMILES string of the molecule is CC1CCCC(N)(c2nc3c(s2)C(C)(C)CC(C)(C)C3)C1. The average Bonchev–Trinajstić information content (AvgIpc) is 2.71. The van der Waals surface area contributed by atoms with Crippen LogP contribution in [0.2, 0.25) is 0 Å². The second kappa shape index (κ2) is 4.79. The van der Waals surface area contributed by atoms with Crippen LogP contribution in [0.15, 0.2) is 0 Å². The molecule has 0 radical (unpaired) electrons. The quantitative estimate of drug-likeness (QED) is 0.812. The standard InChI is InChI=1S/C18H30N2S/c1-12-7-6-8-18(19,9-12)15-20-13-10-16(2,3)11-17(4,5)14(13)21-15/h12H,6-11,19H2,1-5H3. The molecule has 1 heterocycles. The zero-order valence-electron chi connectivity index (χ0n) is 14.3. The van der Waals surface area contributed by atoms with Crippen molar-refractivity contribution in [2.45, 2.75) is 84.1 Å². The Labute approximate surface area is 133 Å². The molecule has 3 heteroatoms. The van der Waals surface area contributed by atoms with E-state index in [1.165, 1.54) is 34.8 Å². The maximum atomic E-state index is 6.79. The summed E-state index contributed by atoms with van der Waals surface area (Å²) in [5.41, 5.74) is 8.54. The molecule has 2 aliphatic rings. The summed E-state index contributed by atoms with van der Waals surface area (Å²) in [5.74, 6) is 0.731. The Morgan fingerprint density at radius 1 is 1.24 bits per heavy atom. The maximum absolute atomic E-state index is 6.79. The Hall–Kier alpha value is -0.410. The first-order valence-electron chi connectivity index (χ1n) is 8.41.